The Morgan fingerprint density at radius 3 is 2.65 bits per heavy atom. The molecule has 2 aliphatic heterocycles. The lowest BCUT2D eigenvalue weighted by molar-refractivity contribution is -0.0228. The molecule has 1 aromatic carbocycles. The Morgan fingerprint density at radius 1 is 1.12 bits per heavy atom. The van der Waals surface area contributed by atoms with E-state index in [4.69, 9.17) is 4.74 Å². The molecule has 2 fully saturated rings. The van der Waals surface area contributed by atoms with Crippen LogP contribution in [0.1, 0.15) is 34.9 Å². The molecule has 0 spiro atoms. The molecule has 0 N–H and O–H groups in total. The second kappa shape index (κ2) is 7.41. The number of ether oxygens (including phenoxy) is 1. The number of carbonyl (C=O) groups excluding carboxylic acids is 1. The van der Waals surface area contributed by atoms with Gasteiger partial charge in [0.1, 0.15) is 17.7 Å². The van der Waals surface area contributed by atoms with Crippen LogP contribution >= 0.6 is 0 Å². The monoisotopic (exact) mass is 355 g/mol. The molecule has 6 heteroatoms. The number of nitrogens with zero attached hydrogens (tertiary/aromatic N) is 3. The first-order valence-corrected chi connectivity index (χ1v) is 9.09. The predicted molar refractivity (Wildman–Crippen MR) is 96.7 cm³/mol. The fourth-order valence-electron chi connectivity index (χ4n) is 3.63. The van der Waals surface area contributed by atoms with Gasteiger partial charge in [-0.2, -0.15) is 0 Å². The van der Waals surface area contributed by atoms with E-state index < -0.39 is 0 Å². The molecule has 136 valence electrons. The second-order valence-electron chi connectivity index (χ2n) is 6.73. The van der Waals surface area contributed by atoms with Crippen LogP contribution in [-0.4, -0.2) is 48.6 Å². The van der Waals surface area contributed by atoms with Crippen molar-refractivity contribution in [2.45, 2.75) is 18.9 Å². The zero-order chi connectivity index (χ0) is 17.9. The third kappa shape index (κ3) is 3.42. The van der Waals surface area contributed by atoms with Crippen LogP contribution in [-0.2, 0) is 4.74 Å². The Hall–Kier alpha value is -2.47. The number of morpholine rings is 1. The number of aromatic nitrogens is 1. The maximum Gasteiger partial charge on any atom is 0.257 e. The van der Waals surface area contributed by atoms with E-state index in [9.17, 15) is 9.18 Å². The maximum absolute atomic E-state index is 13.2. The molecule has 2 aliphatic rings. The van der Waals surface area contributed by atoms with Gasteiger partial charge in [-0.25, -0.2) is 9.37 Å². The van der Waals surface area contributed by atoms with Gasteiger partial charge < -0.3 is 14.5 Å². The van der Waals surface area contributed by atoms with E-state index in [1.54, 1.807) is 18.3 Å². The Labute approximate surface area is 152 Å². The van der Waals surface area contributed by atoms with Crippen molar-refractivity contribution in [2.75, 3.05) is 37.7 Å². The van der Waals surface area contributed by atoms with Crippen LogP contribution in [0.15, 0.2) is 42.6 Å². The number of hydrogen-bond donors (Lipinski definition) is 0. The number of carbonyl (C=O) groups is 1. The zero-order valence-corrected chi connectivity index (χ0v) is 14.6. The van der Waals surface area contributed by atoms with Crippen molar-refractivity contribution in [3.8, 4) is 0 Å². The van der Waals surface area contributed by atoms with Crippen molar-refractivity contribution in [2.24, 2.45) is 0 Å². The molecule has 26 heavy (non-hydrogen) atoms. The van der Waals surface area contributed by atoms with Crippen LogP contribution in [0.3, 0.4) is 0 Å². The summed E-state index contributed by atoms with van der Waals surface area (Å²) in [6.45, 7) is 3.36. The van der Waals surface area contributed by atoms with Gasteiger partial charge in [0.25, 0.3) is 5.91 Å². The number of amides is 1. The number of anilines is 1. The van der Waals surface area contributed by atoms with E-state index >= 15 is 0 Å². The molecule has 2 aromatic rings. The topological polar surface area (TPSA) is 45.7 Å². The molecule has 0 bridgehead atoms. The Kier molecular flexibility index (Phi) is 4.84. The van der Waals surface area contributed by atoms with E-state index in [1.165, 1.54) is 12.1 Å². The van der Waals surface area contributed by atoms with Gasteiger partial charge in [-0.3, -0.25) is 4.79 Å². The Balaban J connectivity index is 1.54. The van der Waals surface area contributed by atoms with E-state index in [1.807, 2.05) is 17.0 Å². The molecule has 1 aromatic heterocycles. The summed E-state index contributed by atoms with van der Waals surface area (Å²) in [6.07, 6.45) is 3.77. The standard InChI is InChI=1S/C20H22FN3O2/c21-16-7-5-15(6-8-16)18-14-24(12-13-26-18)20(25)17-4-3-9-22-19(17)23-10-1-2-11-23/h3-9,18H,1-2,10-14H2/t18-/m0/s1. The molecule has 2 saturated heterocycles. The van der Waals surface area contributed by atoms with Crippen molar-refractivity contribution in [3.05, 3.63) is 59.5 Å². The first-order valence-electron chi connectivity index (χ1n) is 9.09. The highest BCUT2D eigenvalue weighted by molar-refractivity contribution is 5.99. The fraction of sp³-hybridized carbons (Fsp3) is 0.400. The van der Waals surface area contributed by atoms with Gasteiger partial charge in [0.05, 0.1) is 18.7 Å². The van der Waals surface area contributed by atoms with E-state index in [2.05, 4.69) is 9.88 Å². The molecular weight excluding hydrogens is 333 g/mol. The van der Waals surface area contributed by atoms with Crippen molar-refractivity contribution in [3.63, 3.8) is 0 Å². The highest BCUT2D eigenvalue weighted by Crippen LogP contribution is 2.27. The number of hydrogen-bond acceptors (Lipinski definition) is 4. The quantitative estimate of drug-likeness (QED) is 0.849. The van der Waals surface area contributed by atoms with Gasteiger partial charge in [0, 0.05) is 25.8 Å². The third-order valence-corrected chi connectivity index (χ3v) is 5.02. The highest BCUT2D eigenvalue weighted by atomic mass is 19.1. The lowest BCUT2D eigenvalue weighted by Crippen LogP contribution is -2.42. The molecule has 0 radical (unpaired) electrons. The lowest BCUT2D eigenvalue weighted by Gasteiger charge is -2.34. The van der Waals surface area contributed by atoms with Crippen LogP contribution in [0.4, 0.5) is 10.2 Å². The summed E-state index contributed by atoms with van der Waals surface area (Å²) in [4.78, 5) is 21.6. The van der Waals surface area contributed by atoms with Gasteiger partial charge in [0.15, 0.2) is 0 Å². The molecule has 4 rings (SSSR count). The van der Waals surface area contributed by atoms with Crippen molar-refractivity contribution < 1.29 is 13.9 Å². The van der Waals surface area contributed by atoms with Gasteiger partial charge in [-0.1, -0.05) is 12.1 Å². The molecule has 5 nitrogen and oxygen atoms in total. The maximum atomic E-state index is 13.2. The van der Waals surface area contributed by atoms with Crippen LogP contribution in [0, 0.1) is 5.82 Å². The summed E-state index contributed by atoms with van der Waals surface area (Å²) in [5.74, 6) is 0.485. The largest absolute Gasteiger partial charge is 0.370 e. The van der Waals surface area contributed by atoms with Crippen molar-refractivity contribution in [1.29, 1.82) is 0 Å². The smallest absolute Gasteiger partial charge is 0.257 e. The van der Waals surface area contributed by atoms with Crippen molar-refractivity contribution in [1.82, 2.24) is 9.88 Å². The van der Waals surface area contributed by atoms with Crippen LogP contribution in [0.25, 0.3) is 0 Å². The third-order valence-electron chi connectivity index (χ3n) is 5.02. The summed E-state index contributed by atoms with van der Waals surface area (Å²) in [5, 5.41) is 0. The minimum absolute atomic E-state index is 0.0181. The number of rotatable bonds is 3. The molecule has 3 heterocycles. The molecule has 0 unspecified atom stereocenters. The SMILES string of the molecule is O=C(c1cccnc1N1CCCC1)N1CCO[C@H](c2ccc(F)cc2)C1. The predicted octanol–water partition coefficient (Wildman–Crippen LogP) is 3.03. The minimum Gasteiger partial charge on any atom is -0.370 e. The summed E-state index contributed by atoms with van der Waals surface area (Å²) in [7, 11) is 0. The lowest BCUT2D eigenvalue weighted by atomic mass is 10.1. The molecule has 1 amide bonds. The number of pyridine rings is 1. The average Bonchev–Trinajstić information content (AvgIpc) is 3.23. The Bertz CT molecular complexity index is 775. The fourth-order valence-corrected chi connectivity index (χ4v) is 3.63. The van der Waals surface area contributed by atoms with Gasteiger partial charge in [0.2, 0.25) is 0 Å². The molecule has 0 saturated carbocycles. The first-order chi connectivity index (χ1) is 12.7. The van der Waals surface area contributed by atoms with Gasteiger partial charge in [-0.05, 0) is 42.7 Å². The normalized spacial score (nSPS) is 20.4. The number of halogens is 1. The minimum atomic E-state index is -0.275. The summed E-state index contributed by atoms with van der Waals surface area (Å²) >= 11 is 0. The van der Waals surface area contributed by atoms with E-state index in [-0.39, 0.29) is 17.8 Å². The van der Waals surface area contributed by atoms with E-state index in [0.717, 1.165) is 37.3 Å². The van der Waals surface area contributed by atoms with Crippen molar-refractivity contribution >= 4 is 11.7 Å². The molecular formula is C20H22FN3O2. The summed E-state index contributed by atoms with van der Waals surface area (Å²) < 4.78 is 19.0. The van der Waals surface area contributed by atoms with E-state index in [0.29, 0.717) is 25.3 Å². The van der Waals surface area contributed by atoms with Crippen LogP contribution < -0.4 is 4.90 Å². The highest BCUT2D eigenvalue weighted by Gasteiger charge is 2.29. The second-order valence-corrected chi connectivity index (χ2v) is 6.73. The molecule has 0 aliphatic carbocycles. The zero-order valence-electron chi connectivity index (χ0n) is 14.6. The van der Waals surface area contributed by atoms with Gasteiger partial charge in [-0.15, -0.1) is 0 Å². The van der Waals surface area contributed by atoms with Gasteiger partial charge >= 0.3 is 0 Å². The van der Waals surface area contributed by atoms with Crippen LogP contribution in [0.2, 0.25) is 0 Å². The summed E-state index contributed by atoms with van der Waals surface area (Å²) in [6, 6.07) is 9.94. The first kappa shape index (κ1) is 17.0. The summed E-state index contributed by atoms with van der Waals surface area (Å²) in [5.41, 5.74) is 1.53. The number of benzene rings is 1. The Morgan fingerprint density at radius 2 is 1.88 bits per heavy atom. The molecule has 1 atom stereocenters. The average molecular weight is 355 g/mol. The van der Waals surface area contributed by atoms with Crippen LogP contribution in [0.5, 0.6) is 0 Å².